The average Bonchev–Trinajstić information content (AvgIpc) is 2.42. The largest absolute Gasteiger partial charge is 0.504 e. The number of rotatable bonds is 2. The van der Waals surface area contributed by atoms with Crippen LogP contribution in [-0.2, 0) is 12.8 Å². The topological polar surface area (TPSA) is 63.9 Å². The number of piperidine rings is 1. The molecule has 104 valence electrons. The van der Waals surface area contributed by atoms with E-state index in [0.29, 0.717) is 12.0 Å². The summed E-state index contributed by atoms with van der Waals surface area (Å²) in [5.74, 6) is 0.580. The molecule has 1 fully saturated rings. The molecule has 0 aromatic heterocycles. The first-order valence-corrected chi connectivity index (χ1v) is 7.08. The number of hydrogen-bond acceptors (Lipinski definition) is 4. The molecule has 2 atom stereocenters. The molecule has 3 rings (SSSR count). The Morgan fingerprint density at radius 2 is 2.05 bits per heavy atom. The molecule has 1 aliphatic carbocycles. The fourth-order valence-electron chi connectivity index (χ4n) is 3.73. The minimum atomic E-state index is -0.0137. The summed E-state index contributed by atoms with van der Waals surface area (Å²) in [4.78, 5) is 2.38. The van der Waals surface area contributed by atoms with Crippen molar-refractivity contribution in [2.75, 3.05) is 19.7 Å². The van der Waals surface area contributed by atoms with E-state index in [9.17, 15) is 10.2 Å². The Kier molecular flexibility index (Phi) is 3.37. The van der Waals surface area contributed by atoms with Crippen molar-refractivity contribution in [3.05, 3.63) is 23.3 Å². The van der Waals surface area contributed by atoms with Gasteiger partial charge in [-0.3, -0.25) is 4.90 Å². The lowest BCUT2D eigenvalue weighted by Gasteiger charge is -2.44. The fourth-order valence-corrected chi connectivity index (χ4v) is 3.73. The van der Waals surface area contributed by atoms with Gasteiger partial charge in [-0.15, -0.1) is 0 Å². The molecule has 19 heavy (non-hydrogen) atoms. The van der Waals surface area contributed by atoms with Crippen molar-refractivity contribution < 1.29 is 15.3 Å². The number of benzene rings is 1. The number of nitrogens with zero attached hydrogens (tertiary/aromatic N) is 1. The van der Waals surface area contributed by atoms with Gasteiger partial charge in [0.05, 0.1) is 6.61 Å². The van der Waals surface area contributed by atoms with Crippen molar-refractivity contribution in [1.82, 2.24) is 4.90 Å². The van der Waals surface area contributed by atoms with E-state index < -0.39 is 0 Å². The van der Waals surface area contributed by atoms with Gasteiger partial charge in [-0.2, -0.15) is 0 Å². The second-order valence-corrected chi connectivity index (χ2v) is 5.71. The van der Waals surface area contributed by atoms with Crippen LogP contribution in [0.15, 0.2) is 12.1 Å². The van der Waals surface area contributed by atoms with Crippen molar-refractivity contribution in [2.45, 2.75) is 31.7 Å². The zero-order valence-electron chi connectivity index (χ0n) is 11.0. The summed E-state index contributed by atoms with van der Waals surface area (Å²) >= 11 is 0. The van der Waals surface area contributed by atoms with Gasteiger partial charge in [0.2, 0.25) is 0 Å². The second kappa shape index (κ2) is 5.02. The summed E-state index contributed by atoms with van der Waals surface area (Å²) in [7, 11) is 0. The Balaban J connectivity index is 1.90. The van der Waals surface area contributed by atoms with Crippen LogP contribution in [0.25, 0.3) is 0 Å². The van der Waals surface area contributed by atoms with E-state index in [1.807, 2.05) is 6.07 Å². The van der Waals surface area contributed by atoms with E-state index in [1.54, 1.807) is 6.07 Å². The molecule has 4 nitrogen and oxygen atoms in total. The minimum absolute atomic E-state index is 0.0137. The molecule has 1 aromatic rings. The van der Waals surface area contributed by atoms with Gasteiger partial charge in [0.25, 0.3) is 0 Å². The molecule has 1 aliphatic heterocycles. The normalized spacial score (nSPS) is 26.8. The molecular formula is C15H21NO3. The predicted octanol–water partition coefficient (Wildman–Crippen LogP) is 1.27. The smallest absolute Gasteiger partial charge is 0.160 e. The van der Waals surface area contributed by atoms with Crippen LogP contribution in [0.2, 0.25) is 0 Å². The van der Waals surface area contributed by atoms with Gasteiger partial charge in [0, 0.05) is 18.2 Å². The van der Waals surface area contributed by atoms with Crippen LogP contribution in [0.1, 0.15) is 24.0 Å². The van der Waals surface area contributed by atoms with Crippen molar-refractivity contribution >= 4 is 0 Å². The molecule has 1 heterocycles. The SMILES string of the molecule is OCCN1CCCC2Cc3c(ccc(O)c3O)CC21. The zero-order chi connectivity index (χ0) is 13.4. The summed E-state index contributed by atoms with van der Waals surface area (Å²) in [5.41, 5.74) is 2.06. The Labute approximate surface area is 113 Å². The highest BCUT2D eigenvalue weighted by Gasteiger charge is 2.36. The van der Waals surface area contributed by atoms with Crippen LogP contribution in [0.3, 0.4) is 0 Å². The third-order valence-corrected chi connectivity index (χ3v) is 4.67. The van der Waals surface area contributed by atoms with Crippen LogP contribution < -0.4 is 0 Å². The lowest BCUT2D eigenvalue weighted by atomic mass is 9.75. The molecule has 2 unspecified atom stereocenters. The predicted molar refractivity (Wildman–Crippen MR) is 72.4 cm³/mol. The zero-order valence-corrected chi connectivity index (χ0v) is 11.0. The van der Waals surface area contributed by atoms with Crippen LogP contribution in [0.5, 0.6) is 11.5 Å². The molecule has 0 spiro atoms. The van der Waals surface area contributed by atoms with Crippen LogP contribution in [0.4, 0.5) is 0 Å². The molecule has 0 bridgehead atoms. The minimum Gasteiger partial charge on any atom is -0.504 e. The van der Waals surface area contributed by atoms with E-state index in [0.717, 1.165) is 43.5 Å². The maximum atomic E-state index is 10.00. The summed E-state index contributed by atoms with van der Waals surface area (Å²) in [6.45, 7) is 2.00. The van der Waals surface area contributed by atoms with Crippen molar-refractivity contribution in [3.8, 4) is 11.5 Å². The molecule has 1 saturated heterocycles. The number of β-amino-alcohol motifs (C(OH)–C–C–N with tert-alkyl or cyclic N) is 1. The molecular weight excluding hydrogens is 242 g/mol. The van der Waals surface area contributed by atoms with Gasteiger partial charge >= 0.3 is 0 Å². The van der Waals surface area contributed by atoms with Crippen LogP contribution >= 0.6 is 0 Å². The molecule has 0 radical (unpaired) electrons. The first-order chi connectivity index (χ1) is 9.20. The first-order valence-electron chi connectivity index (χ1n) is 7.08. The number of aliphatic hydroxyl groups excluding tert-OH is 1. The quantitative estimate of drug-likeness (QED) is 0.703. The first kappa shape index (κ1) is 12.8. The summed E-state index contributed by atoms with van der Waals surface area (Å²) in [5, 5.41) is 28.8. The standard InChI is InChI=1S/C15H21NO3/c17-7-6-16-5-1-2-11-8-12-10(9-13(11)16)3-4-14(18)15(12)19/h3-4,11,13,17-19H,1-2,5-9H2. The maximum Gasteiger partial charge on any atom is 0.160 e. The highest BCUT2D eigenvalue weighted by atomic mass is 16.3. The highest BCUT2D eigenvalue weighted by molar-refractivity contribution is 5.50. The number of aliphatic hydroxyl groups is 1. The van der Waals surface area contributed by atoms with Gasteiger partial charge in [-0.1, -0.05) is 6.07 Å². The van der Waals surface area contributed by atoms with E-state index in [2.05, 4.69) is 4.90 Å². The average molecular weight is 263 g/mol. The molecule has 4 heteroatoms. The Morgan fingerprint density at radius 1 is 1.21 bits per heavy atom. The summed E-state index contributed by atoms with van der Waals surface area (Å²) in [6.07, 6.45) is 4.06. The van der Waals surface area contributed by atoms with Gasteiger partial charge in [-0.25, -0.2) is 0 Å². The van der Waals surface area contributed by atoms with Gasteiger partial charge in [0.15, 0.2) is 11.5 Å². The van der Waals surface area contributed by atoms with E-state index in [1.165, 1.54) is 6.42 Å². The molecule has 2 aliphatic rings. The highest BCUT2D eigenvalue weighted by Crippen LogP contribution is 2.41. The Morgan fingerprint density at radius 3 is 2.84 bits per heavy atom. The van der Waals surface area contributed by atoms with Gasteiger partial charge < -0.3 is 15.3 Å². The molecule has 1 aromatic carbocycles. The van der Waals surface area contributed by atoms with Crippen molar-refractivity contribution in [1.29, 1.82) is 0 Å². The molecule has 0 amide bonds. The van der Waals surface area contributed by atoms with Crippen molar-refractivity contribution in [3.63, 3.8) is 0 Å². The number of likely N-dealkylation sites (tertiary alicyclic amines) is 1. The van der Waals surface area contributed by atoms with E-state index >= 15 is 0 Å². The Bertz CT molecular complexity index is 473. The number of fused-ring (bicyclic) bond motifs is 2. The van der Waals surface area contributed by atoms with Gasteiger partial charge in [-0.05, 0) is 49.8 Å². The third-order valence-electron chi connectivity index (χ3n) is 4.67. The lowest BCUT2D eigenvalue weighted by molar-refractivity contribution is 0.0672. The summed E-state index contributed by atoms with van der Waals surface area (Å²) < 4.78 is 0. The number of phenolic OH excluding ortho intramolecular Hbond substituents is 2. The number of hydrogen-bond donors (Lipinski definition) is 3. The van der Waals surface area contributed by atoms with Crippen LogP contribution in [-0.4, -0.2) is 46.0 Å². The second-order valence-electron chi connectivity index (χ2n) is 5.71. The van der Waals surface area contributed by atoms with E-state index in [4.69, 9.17) is 5.11 Å². The summed E-state index contributed by atoms with van der Waals surface area (Å²) in [6, 6.07) is 3.97. The molecule has 0 saturated carbocycles. The van der Waals surface area contributed by atoms with Crippen LogP contribution in [0, 0.1) is 5.92 Å². The lowest BCUT2D eigenvalue weighted by Crippen LogP contribution is -2.50. The maximum absolute atomic E-state index is 10.00. The number of phenols is 2. The third kappa shape index (κ3) is 2.19. The monoisotopic (exact) mass is 263 g/mol. The fraction of sp³-hybridized carbons (Fsp3) is 0.600. The Hall–Kier alpha value is -1.26. The number of aromatic hydroxyl groups is 2. The molecule has 3 N–H and O–H groups in total. The van der Waals surface area contributed by atoms with Gasteiger partial charge in [0.1, 0.15) is 0 Å². The van der Waals surface area contributed by atoms with Crippen molar-refractivity contribution in [2.24, 2.45) is 5.92 Å². The van der Waals surface area contributed by atoms with E-state index in [-0.39, 0.29) is 18.1 Å².